The molecule has 0 amide bonds. The molecule has 23 heavy (non-hydrogen) atoms. The van der Waals surface area contributed by atoms with E-state index in [1.807, 2.05) is 6.07 Å². The summed E-state index contributed by atoms with van der Waals surface area (Å²) < 4.78 is 26.7. The Balaban J connectivity index is 1.95. The van der Waals surface area contributed by atoms with Crippen molar-refractivity contribution in [3.63, 3.8) is 0 Å². The number of aryl methyl sites for hydroxylation is 1. The zero-order valence-electron chi connectivity index (χ0n) is 13.2. The van der Waals surface area contributed by atoms with E-state index >= 15 is 0 Å². The highest BCUT2D eigenvalue weighted by molar-refractivity contribution is 5.82. The smallest absolute Gasteiger partial charge is 0.132 e. The second-order valence-corrected chi connectivity index (χ2v) is 5.35. The minimum atomic E-state index is -0.299. The number of benzene rings is 2. The molecule has 0 saturated carbocycles. The number of hydrogen-bond acceptors (Lipinski definition) is 2. The van der Waals surface area contributed by atoms with Crippen molar-refractivity contribution >= 4 is 12.4 Å². The summed E-state index contributed by atoms with van der Waals surface area (Å²) in [4.78, 5) is 0. The molecule has 0 fully saturated rings. The topological polar surface area (TPSA) is 24.7 Å². The Kier molecular flexibility index (Phi) is 6.60. The molecule has 0 aliphatic heterocycles. The van der Waals surface area contributed by atoms with Crippen LogP contribution in [0.5, 0.6) is 0 Å². The minimum Gasteiger partial charge on any atom is -0.207 e. The predicted molar refractivity (Wildman–Crippen MR) is 91.2 cm³/mol. The first kappa shape index (κ1) is 17.0. The molecule has 0 aliphatic carbocycles. The lowest BCUT2D eigenvalue weighted by atomic mass is 10.1. The lowest BCUT2D eigenvalue weighted by molar-refractivity contribution is 0.621. The fourth-order valence-corrected chi connectivity index (χ4v) is 2.15. The lowest BCUT2D eigenvalue weighted by Gasteiger charge is -2.02. The SMILES string of the molecule is CCCCCc1ccc(C=NN=Cc2ccc(F)cc2)c(F)c1. The van der Waals surface area contributed by atoms with Crippen LogP contribution in [-0.4, -0.2) is 12.4 Å². The summed E-state index contributed by atoms with van der Waals surface area (Å²) in [6, 6.07) is 11.1. The summed E-state index contributed by atoms with van der Waals surface area (Å²) in [6.07, 6.45) is 7.15. The molecule has 4 heteroatoms. The van der Waals surface area contributed by atoms with Crippen LogP contribution in [0.2, 0.25) is 0 Å². The van der Waals surface area contributed by atoms with Gasteiger partial charge in [0, 0.05) is 5.56 Å². The van der Waals surface area contributed by atoms with E-state index in [9.17, 15) is 8.78 Å². The third kappa shape index (κ3) is 5.74. The van der Waals surface area contributed by atoms with Gasteiger partial charge in [-0.1, -0.05) is 44.0 Å². The van der Waals surface area contributed by atoms with E-state index in [-0.39, 0.29) is 11.6 Å². The molecule has 0 bridgehead atoms. The maximum atomic E-state index is 14.0. The van der Waals surface area contributed by atoms with Gasteiger partial charge < -0.3 is 0 Å². The summed E-state index contributed by atoms with van der Waals surface area (Å²) >= 11 is 0. The fraction of sp³-hybridized carbons (Fsp3) is 0.263. The van der Waals surface area contributed by atoms with Crippen molar-refractivity contribution in [1.82, 2.24) is 0 Å². The first-order valence-corrected chi connectivity index (χ1v) is 7.79. The zero-order chi connectivity index (χ0) is 16.5. The first-order chi connectivity index (χ1) is 11.2. The van der Waals surface area contributed by atoms with E-state index in [1.54, 1.807) is 24.3 Å². The molecular weight excluding hydrogens is 294 g/mol. The highest BCUT2D eigenvalue weighted by atomic mass is 19.1. The number of unbranched alkanes of at least 4 members (excludes halogenated alkanes) is 2. The van der Waals surface area contributed by atoms with Gasteiger partial charge in [-0.15, -0.1) is 0 Å². The Hall–Kier alpha value is -2.36. The third-order valence-corrected chi connectivity index (χ3v) is 3.47. The minimum absolute atomic E-state index is 0.292. The van der Waals surface area contributed by atoms with Gasteiger partial charge in [-0.3, -0.25) is 0 Å². The molecule has 2 nitrogen and oxygen atoms in total. The number of hydrogen-bond donors (Lipinski definition) is 0. The maximum absolute atomic E-state index is 14.0. The average molecular weight is 314 g/mol. The Morgan fingerprint density at radius 2 is 1.65 bits per heavy atom. The number of nitrogens with zero attached hydrogens (tertiary/aromatic N) is 2. The Labute approximate surface area is 135 Å². The molecule has 0 aromatic heterocycles. The third-order valence-electron chi connectivity index (χ3n) is 3.47. The quantitative estimate of drug-likeness (QED) is 0.383. The van der Waals surface area contributed by atoms with Crippen LogP contribution in [0.15, 0.2) is 52.7 Å². The number of rotatable bonds is 7. The monoisotopic (exact) mass is 314 g/mol. The van der Waals surface area contributed by atoms with Gasteiger partial charge in [-0.25, -0.2) is 8.78 Å². The highest BCUT2D eigenvalue weighted by Crippen LogP contribution is 2.12. The van der Waals surface area contributed by atoms with Gasteiger partial charge in [-0.2, -0.15) is 10.2 Å². The van der Waals surface area contributed by atoms with Crippen LogP contribution in [0.4, 0.5) is 8.78 Å². The summed E-state index contributed by atoms with van der Waals surface area (Å²) in [7, 11) is 0. The average Bonchev–Trinajstić information content (AvgIpc) is 2.55. The predicted octanol–water partition coefficient (Wildman–Crippen LogP) is 5.15. The first-order valence-electron chi connectivity index (χ1n) is 7.79. The summed E-state index contributed by atoms with van der Waals surface area (Å²) in [6.45, 7) is 2.15. The molecular formula is C19H20F2N2. The van der Waals surface area contributed by atoms with E-state index in [0.29, 0.717) is 5.56 Å². The van der Waals surface area contributed by atoms with Gasteiger partial charge >= 0.3 is 0 Å². The van der Waals surface area contributed by atoms with E-state index in [4.69, 9.17) is 0 Å². The Morgan fingerprint density at radius 1 is 0.913 bits per heavy atom. The largest absolute Gasteiger partial charge is 0.207 e. The molecule has 0 radical (unpaired) electrons. The molecule has 0 spiro atoms. The van der Waals surface area contributed by atoms with E-state index in [2.05, 4.69) is 17.1 Å². The van der Waals surface area contributed by atoms with Crippen LogP contribution in [0.1, 0.15) is 42.9 Å². The Bertz CT molecular complexity index is 676. The van der Waals surface area contributed by atoms with Crippen molar-refractivity contribution < 1.29 is 8.78 Å². The van der Waals surface area contributed by atoms with Gasteiger partial charge in [0.15, 0.2) is 0 Å². The van der Waals surface area contributed by atoms with Crippen LogP contribution in [-0.2, 0) is 6.42 Å². The Morgan fingerprint density at radius 3 is 2.35 bits per heavy atom. The van der Waals surface area contributed by atoms with Gasteiger partial charge in [0.2, 0.25) is 0 Å². The number of halogens is 2. The molecule has 0 heterocycles. The molecule has 2 aromatic rings. The molecule has 0 aliphatic rings. The normalized spacial score (nSPS) is 11.6. The molecule has 2 aromatic carbocycles. The lowest BCUT2D eigenvalue weighted by Crippen LogP contribution is -1.92. The van der Waals surface area contributed by atoms with Gasteiger partial charge in [0.25, 0.3) is 0 Å². The molecule has 0 atom stereocenters. The zero-order valence-corrected chi connectivity index (χ0v) is 13.2. The van der Waals surface area contributed by atoms with E-state index in [0.717, 1.165) is 36.8 Å². The van der Waals surface area contributed by atoms with Crippen LogP contribution in [0.25, 0.3) is 0 Å². The second-order valence-electron chi connectivity index (χ2n) is 5.35. The second kappa shape index (κ2) is 8.93. The molecule has 0 unspecified atom stereocenters. The maximum Gasteiger partial charge on any atom is 0.132 e. The van der Waals surface area contributed by atoms with Crippen molar-refractivity contribution in [2.75, 3.05) is 0 Å². The summed E-state index contributed by atoms with van der Waals surface area (Å²) in [5, 5.41) is 7.68. The van der Waals surface area contributed by atoms with Crippen LogP contribution in [0.3, 0.4) is 0 Å². The van der Waals surface area contributed by atoms with Crippen LogP contribution >= 0.6 is 0 Å². The molecule has 0 N–H and O–H groups in total. The van der Waals surface area contributed by atoms with Crippen LogP contribution < -0.4 is 0 Å². The van der Waals surface area contributed by atoms with Crippen molar-refractivity contribution in [1.29, 1.82) is 0 Å². The van der Waals surface area contributed by atoms with Gasteiger partial charge in [0.1, 0.15) is 11.6 Å². The molecule has 2 rings (SSSR count). The van der Waals surface area contributed by atoms with E-state index in [1.165, 1.54) is 24.6 Å². The van der Waals surface area contributed by atoms with Crippen molar-refractivity contribution in [3.8, 4) is 0 Å². The van der Waals surface area contributed by atoms with Crippen LogP contribution in [0, 0.1) is 11.6 Å². The van der Waals surface area contributed by atoms with Crippen molar-refractivity contribution in [3.05, 3.63) is 70.8 Å². The summed E-state index contributed by atoms with van der Waals surface area (Å²) in [5.74, 6) is -0.591. The standard InChI is InChI=1S/C19H20F2N2/c1-2-3-4-5-15-6-9-17(19(21)12-15)14-23-22-13-16-7-10-18(20)11-8-16/h6-14H,2-5H2,1H3. The fourth-order valence-electron chi connectivity index (χ4n) is 2.15. The van der Waals surface area contributed by atoms with Gasteiger partial charge in [0.05, 0.1) is 12.4 Å². The van der Waals surface area contributed by atoms with E-state index < -0.39 is 0 Å². The van der Waals surface area contributed by atoms with Crippen molar-refractivity contribution in [2.45, 2.75) is 32.6 Å². The summed E-state index contributed by atoms with van der Waals surface area (Å²) in [5.41, 5.74) is 2.14. The molecule has 0 saturated heterocycles. The molecule has 120 valence electrons. The van der Waals surface area contributed by atoms with Crippen molar-refractivity contribution in [2.24, 2.45) is 10.2 Å². The van der Waals surface area contributed by atoms with Gasteiger partial charge in [-0.05, 0) is 42.2 Å². The highest BCUT2D eigenvalue weighted by Gasteiger charge is 2.01.